The van der Waals surface area contributed by atoms with Crippen molar-refractivity contribution < 1.29 is 19.0 Å². The van der Waals surface area contributed by atoms with Gasteiger partial charge in [-0.3, -0.25) is 0 Å². The van der Waals surface area contributed by atoms with Gasteiger partial charge in [-0.2, -0.15) is 11.3 Å². The highest BCUT2D eigenvalue weighted by Crippen LogP contribution is 2.25. The Morgan fingerprint density at radius 3 is 2.95 bits per heavy atom. The minimum absolute atomic E-state index is 0.0771. The lowest BCUT2D eigenvalue weighted by Gasteiger charge is -2.14. The highest BCUT2D eigenvalue weighted by Gasteiger charge is 2.12. The van der Waals surface area contributed by atoms with Crippen molar-refractivity contribution in [1.29, 1.82) is 0 Å². The van der Waals surface area contributed by atoms with Crippen molar-refractivity contribution in [3.8, 4) is 5.75 Å². The zero-order valence-corrected chi connectivity index (χ0v) is 12.8. The van der Waals surface area contributed by atoms with Crippen LogP contribution in [0.25, 0.3) is 0 Å². The van der Waals surface area contributed by atoms with Crippen LogP contribution in [0, 0.1) is 5.82 Å². The average Bonchev–Trinajstić information content (AvgIpc) is 3.02. The predicted molar refractivity (Wildman–Crippen MR) is 83.9 cm³/mol. The van der Waals surface area contributed by atoms with Gasteiger partial charge in [0.25, 0.3) is 0 Å². The Labute approximate surface area is 131 Å². The van der Waals surface area contributed by atoms with E-state index in [-0.39, 0.29) is 12.3 Å². The van der Waals surface area contributed by atoms with Gasteiger partial charge in [0.15, 0.2) is 0 Å². The molecule has 118 valence electrons. The van der Waals surface area contributed by atoms with Gasteiger partial charge in [0, 0.05) is 12.6 Å². The number of benzene rings is 1. The molecule has 1 aromatic carbocycles. The molecule has 3 N–H and O–H groups in total. The summed E-state index contributed by atoms with van der Waals surface area (Å²) in [5.74, 6) is -0.182. The Morgan fingerprint density at radius 2 is 2.27 bits per heavy atom. The van der Waals surface area contributed by atoms with E-state index in [2.05, 4.69) is 10.6 Å². The normalized spacial score (nSPS) is 11.8. The largest absolute Gasteiger partial charge is 0.492 e. The van der Waals surface area contributed by atoms with Crippen LogP contribution in [0.2, 0.25) is 0 Å². The zero-order valence-electron chi connectivity index (χ0n) is 12.0. The van der Waals surface area contributed by atoms with Gasteiger partial charge >= 0.3 is 6.03 Å². The fraction of sp³-hybridized carbons (Fsp3) is 0.267. The van der Waals surface area contributed by atoms with Crippen molar-refractivity contribution in [1.82, 2.24) is 5.32 Å². The summed E-state index contributed by atoms with van der Waals surface area (Å²) in [7, 11) is 0. The summed E-state index contributed by atoms with van der Waals surface area (Å²) in [6.07, 6.45) is -0.767. The first-order valence-electron chi connectivity index (χ1n) is 6.77. The van der Waals surface area contributed by atoms with Gasteiger partial charge in [0.05, 0.1) is 18.4 Å². The van der Waals surface area contributed by atoms with Gasteiger partial charge in [0.2, 0.25) is 0 Å². The summed E-state index contributed by atoms with van der Waals surface area (Å²) in [6.45, 7) is 2.20. The molecule has 1 atom stereocenters. The molecular weight excluding hydrogens is 307 g/mol. The van der Waals surface area contributed by atoms with Crippen molar-refractivity contribution in [3.05, 3.63) is 46.4 Å². The highest BCUT2D eigenvalue weighted by atomic mass is 32.1. The average molecular weight is 324 g/mol. The number of aliphatic hydroxyl groups is 1. The first-order valence-corrected chi connectivity index (χ1v) is 7.71. The van der Waals surface area contributed by atoms with E-state index in [1.165, 1.54) is 29.5 Å². The predicted octanol–water partition coefficient (Wildman–Crippen LogP) is 3.14. The van der Waals surface area contributed by atoms with Gasteiger partial charge in [-0.15, -0.1) is 0 Å². The fourth-order valence-corrected chi connectivity index (χ4v) is 2.52. The van der Waals surface area contributed by atoms with E-state index in [1.54, 1.807) is 13.0 Å². The molecule has 7 heteroatoms. The number of nitrogens with one attached hydrogen (secondary N) is 2. The molecule has 2 rings (SSSR count). The number of ether oxygens (including phenoxy) is 1. The van der Waals surface area contributed by atoms with Crippen LogP contribution in [0.1, 0.15) is 18.6 Å². The molecule has 0 radical (unpaired) electrons. The van der Waals surface area contributed by atoms with Gasteiger partial charge in [-0.25, -0.2) is 9.18 Å². The van der Waals surface area contributed by atoms with E-state index in [1.807, 2.05) is 10.8 Å². The van der Waals surface area contributed by atoms with Crippen molar-refractivity contribution in [2.75, 3.05) is 18.5 Å². The Morgan fingerprint density at radius 1 is 1.45 bits per heavy atom. The lowest BCUT2D eigenvalue weighted by Crippen LogP contribution is -2.32. The monoisotopic (exact) mass is 324 g/mol. The number of hydrogen-bond donors (Lipinski definition) is 3. The highest BCUT2D eigenvalue weighted by molar-refractivity contribution is 7.07. The topological polar surface area (TPSA) is 70.6 Å². The van der Waals surface area contributed by atoms with Crippen molar-refractivity contribution >= 4 is 23.1 Å². The van der Waals surface area contributed by atoms with E-state index in [0.717, 1.165) is 5.56 Å². The van der Waals surface area contributed by atoms with Gasteiger partial charge in [-0.1, -0.05) is 0 Å². The van der Waals surface area contributed by atoms with Crippen LogP contribution < -0.4 is 15.4 Å². The van der Waals surface area contributed by atoms with E-state index >= 15 is 0 Å². The molecular formula is C15H17FN2O3S. The molecule has 0 fully saturated rings. The summed E-state index contributed by atoms with van der Waals surface area (Å²) in [4.78, 5) is 11.8. The maximum absolute atomic E-state index is 13.2. The Bertz CT molecular complexity index is 619. The van der Waals surface area contributed by atoms with E-state index < -0.39 is 18.0 Å². The SMILES string of the molecule is CCOc1cc(F)ccc1NC(=O)NCC(O)c1ccsc1. The molecule has 2 amide bonds. The van der Waals surface area contributed by atoms with Crippen LogP contribution in [0.3, 0.4) is 0 Å². The molecule has 1 heterocycles. The number of hydrogen-bond acceptors (Lipinski definition) is 4. The standard InChI is InChI=1S/C15H17FN2O3S/c1-2-21-14-7-11(16)3-4-12(14)18-15(20)17-8-13(19)10-5-6-22-9-10/h3-7,9,13,19H,2,8H2,1H3,(H2,17,18,20). The summed E-state index contributed by atoms with van der Waals surface area (Å²) in [6, 6.07) is 5.16. The molecule has 1 aromatic heterocycles. The third-order valence-corrected chi connectivity index (χ3v) is 3.58. The molecule has 2 aromatic rings. The number of urea groups is 1. The van der Waals surface area contributed by atoms with Gasteiger partial charge < -0.3 is 20.5 Å². The molecule has 22 heavy (non-hydrogen) atoms. The third-order valence-electron chi connectivity index (χ3n) is 2.88. The Hall–Kier alpha value is -2.12. The van der Waals surface area contributed by atoms with E-state index in [0.29, 0.717) is 12.3 Å². The first kappa shape index (κ1) is 16.3. The quantitative estimate of drug-likeness (QED) is 0.764. The van der Waals surface area contributed by atoms with Crippen LogP contribution in [0.15, 0.2) is 35.0 Å². The van der Waals surface area contributed by atoms with Crippen LogP contribution in [0.4, 0.5) is 14.9 Å². The number of carbonyl (C=O) groups is 1. The molecule has 0 saturated carbocycles. The number of anilines is 1. The molecule has 0 saturated heterocycles. The lowest BCUT2D eigenvalue weighted by molar-refractivity contribution is 0.175. The number of thiophene rings is 1. The number of carbonyl (C=O) groups excluding carboxylic acids is 1. The van der Waals surface area contributed by atoms with Crippen LogP contribution in [0.5, 0.6) is 5.75 Å². The molecule has 0 aliphatic rings. The van der Waals surface area contributed by atoms with Crippen molar-refractivity contribution in [3.63, 3.8) is 0 Å². The molecule has 0 bridgehead atoms. The fourth-order valence-electron chi connectivity index (χ4n) is 1.81. The smallest absolute Gasteiger partial charge is 0.319 e. The third kappa shape index (κ3) is 4.44. The Kier molecular flexibility index (Phi) is 5.74. The maximum atomic E-state index is 13.2. The van der Waals surface area contributed by atoms with Crippen molar-refractivity contribution in [2.24, 2.45) is 0 Å². The second-order valence-corrected chi connectivity index (χ2v) is 5.26. The molecule has 0 spiro atoms. The first-order chi connectivity index (χ1) is 10.6. The summed E-state index contributed by atoms with van der Waals surface area (Å²) in [5, 5.41) is 18.7. The van der Waals surface area contributed by atoms with Crippen LogP contribution >= 0.6 is 11.3 Å². The maximum Gasteiger partial charge on any atom is 0.319 e. The minimum atomic E-state index is -0.767. The number of aliphatic hydroxyl groups excluding tert-OH is 1. The number of rotatable bonds is 6. The summed E-state index contributed by atoms with van der Waals surface area (Å²) < 4.78 is 18.5. The second kappa shape index (κ2) is 7.77. The van der Waals surface area contributed by atoms with E-state index in [4.69, 9.17) is 4.74 Å². The van der Waals surface area contributed by atoms with Crippen molar-refractivity contribution in [2.45, 2.75) is 13.0 Å². The lowest BCUT2D eigenvalue weighted by atomic mass is 10.2. The van der Waals surface area contributed by atoms with Gasteiger partial charge in [-0.05, 0) is 41.4 Å². The number of halogens is 1. The van der Waals surface area contributed by atoms with Crippen LogP contribution in [-0.2, 0) is 0 Å². The molecule has 0 aliphatic heterocycles. The molecule has 5 nitrogen and oxygen atoms in total. The number of amides is 2. The summed E-state index contributed by atoms with van der Waals surface area (Å²) >= 11 is 1.47. The Balaban J connectivity index is 1.92. The summed E-state index contributed by atoms with van der Waals surface area (Å²) in [5.41, 5.74) is 1.12. The van der Waals surface area contributed by atoms with Gasteiger partial charge in [0.1, 0.15) is 11.6 Å². The molecule has 1 unspecified atom stereocenters. The zero-order chi connectivity index (χ0) is 15.9. The second-order valence-electron chi connectivity index (χ2n) is 4.48. The molecule has 0 aliphatic carbocycles. The van der Waals surface area contributed by atoms with E-state index in [9.17, 15) is 14.3 Å². The van der Waals surface area contributed by atoms with Crippen LogP contribution in [-0.4, -0.2) is 24.3 Å². The minimum Gasteiger partial charge on any atom is -0.492 e.